The maximum absolute atomic E-state index is 12.7. The van der Waals surface area contributed by atoms with E-state index in [2.05, 4.69) is 23.1 Å². The van der Waals surface area contributed by atoms with Crippen LogP contribution in [0, 0.1) is 0 Å². The lowest BCUT2D eigenvalue weighted by Gasteiger charge is -2.33. The molecule has 5 heteroatoms. The summed E-state index contributed by atoms with van der Waals surface area (Å²) in [6.45, 7) is 2.79. The molecule has 0 fully saturated rings. The third-order valence-electron chi connectivity index (χ3n) is 4.09. The third-order valence-corrected chi connectivity index (χ3v) is 5.09. The highest BCUT2D eigenvalue weighted by Crippen LogP contribution is 2.33. The largest absolute Gasteiger partial charge is 0.465 e. The SMILES string of the molecule is COC(=O)c1ccc(C(=O)N2CCc3sccc3[C@@H]2C)cc1. The average Bonchev–Trinajstić information content (AvgIpc) is 3.03. The molecule has 0 bridgehead atoms. The molecule has 2 heterocycles. The maximum Gasteiger partial charge on any atom is 0.337 e. The predicted octanol–water partition coefficient (Wildman–Crippen LogP) is 3.29. The molecule has 0 saturated carbocycles. The molecule has 0 radical (unpaired) electrons. The van der Waals surface area contributed by atoms with E-state index in [1.165, 1.54) is 17.6 Å². The second-order valence-corrected chi connectivity index (χ2v) is 6.29. The Morgan fingerprint density at radius 2 is 1.86 bits per heavy atom. The molecule has 1 aromatic carbocycles. The van der Waals surface area contributed by atoms with Crippen LogP contribution in [-0.4, -0.2) is 30.4 Å². The Hall–Kier alpha value is -2.14. The van der Waals surface area contributed by atoms with E-state index in [9.17, 15) is 9.59 Å². The molecule has 1 aliphatic rings. The number of amides is 1. The van der Waals surface area contributed by atoms with E-state index in [-0.39, 0.29) is 11.9 Å². The quantitative estimate of drug-likeness (QED) is 0.799. The van der Waals surface area contributed by atoms with E-state index < -0.39 is 5.97 Å². The molecule has 0 aliphatic carbocycles. The molecule has 0 unspecified atom stereocenters. The summed E-state index contributed by atoms with van der Waals surface area (Å²) in [5, 5.41) is 2.08. The Balaban J connectivity index is 1.81. The lowest BCUT2D eigenvalue weighted by molar-refractivity contribution is 0.0598. The van der Waals surface area contributed by atoms with Gasteiger partial charge in [-0.25, -0.2) is 4.79 Å². The van der Waals surface area contributed by atoms with Crippen molar-refractivity contribution in [2.75, 3.05) is 13.7 Å². The number of carbonyl (C=O) groups excluding carboxylic acids is 2. The van der Waals surface area contributed by atoms with Crippen molar-refractivity contribution in [3.63, 3.8) is 0 Å². The molecule has 1 aromatic heterocycles. The summed E-state index contributed by atoms with van der Waals surface area (Å²) in [6.07, 6.45) is 0.906. The number of rotatable bonds is 2. The van der Waals surface area contributed by atoms with Crippen LogP contribution in [0.5, 0.6) is 0 Å². The molecule has 0 N–H and O–H groups in total. The van der Waals surface area contributed by atoms with Crippen LogP contribution in [0.4, 0.5) is 0 Å². The molecule has 4 nitrogen and oxygen atoms in total. The zero-order valence-electron chi connectivity index (χ0n) is 12.5. The molecule has 1 aliphatic heterocycles. The fourth-order valence-corrected chi connectivity index (χ4v) is 3.78. The minimum atomic E-state index is -0.395. The number of thiophene rings is 1. The Labute approximate surface area is 133 Å². The highest BCUT2D eigenvalue weighted by Gasteiger charge is 2.28. The Morgan fingerprint density at radius 3 is 2.55 bits per heavy atom. The van der Waals surface area contributed by atoms with E-state index in [4.69, 9.17) is 0 Å². The van der Waals surface area contributed by atoms with Crippen molar-refractivity contribution in [1.82, 2.24) is 4.90 Å². The van der Waals surface area contributed by atoms with Gasteiger partial charge in [0, 0.05) is 17.0 Å². The molecule has 114 valence electrons. The Morgan fingerprint density at radius 1 is 1.18 bits per heavy atom. The minimum absolute atomic E-state index is 0.000709. The first-order valence-corrected chi connectivity index (χ1v) is 8.05. The van der Waals surface area contributed by atoms with Crippen molar-refractivity contribution in [2.45, 2.75) is 19.4 Å². The number of hydrogen-bond acceptors (Lipinski definition) is 4. The second-order valence-electron chi connectivity index (χ2n) is 5.29. The first-order chi connectivity index (χ1) is 10.6. The standard InChI is InChI=1S/C17H17NO3S/c1-11-14-8-10-22-15(14)7-9-18(11)16(19)12-3-5-13(6-4-12)17(20)21-2/h3-6,8,10-11H,7,9H2,1-2H3/t11-/m0/s1. The summed E-state index contributed by atoms with van der Waals surface area (Å²) in [5.74, 6) is -0.394. The van der Waals surface area contributed by atoms with Crippen molar-refractivity contribution in [3.05, 3.63) is 57.3 Å². The Kier molecular flexibility index (Phi) is 3.98. The first-order valence-electron chi connectivity index (χ1n) is 7.17. The smallest absolute Gasteiger partial charge is 0.337 e. The predicted molar refractivity (Wildman–Crippen MR) is 85.3 cm³/mol. The number of esters is 1. The van der Waals surface area contributed by atoms with E-state index in [0.29, 0.717) is 11.1 Å². The van der Waals surface area contributed by atoms with Gasteiger partial charge in [-0.05, 0) is 54.6 Å². The number of methoxy groups -OCH3 is 1. The van der Waals surface area contributed by atoms with Gasteiger partial charge in [0.2, 0.25) is 0 Å². The van der Waals surface area contributed by atoms with Gasteiger partial charge in [-0.1, -0.05) is 0 Å². The van der Waals surface area contributed by atoms with Crippen LogP contribution in [-0.2, 0) is 11.2 Å². The summed E-state index contributed by atoms with van der Waals surface area (Å²) < 4.78 is 4.67. The monoisotopic (exact) mass is 315 g/mol. The topological polar surface area (TPSA) is 46.6 Å². The minimum Gasteiger partial charge on any atom is -0.465 e. The van der Waals surface area contributed by atoms with Gasteiger partial charge in [-0.15, -0.1) is 11.3 Å². The zero-order chi connectivity index (χ0) is 15.7. The number of hydrogen-bond donors (Lipinski definition) is 0. The van der Waals surface area contributed by atoms with Crippen molar-refractivity contribution >= 4 is 23.2 Å². The number of ether oxygens (including phenoxy) is 1. The molecular formula is C17H17NO3S. The van der Waals surface area contributed by atoms with Crippen molar-refractivity contribution in [1.29, 1.82) is 0 Å². The summed E-state index contributed by atoms with van der Waals surface area (Å²) in [6, 6.07) is 8.81. The number of nitrogens with zero attached hydrogens (tertiary/aromatic N) is 1. The molecule has 0 saturated heterocycles. The van der Waals surface area contributed by atoms with E-state index in [1.807, 2.05) is 4.90 Å². The van der Waals surface area contributed by atoms with Crippen LogP contribution in [0.25, 0.3) is 0 Å². The Bertz CT molecular complexity index is 705. The highest BCUT2D eigenvalue weighted by atomic mass is 32.1. The second kappa shape index (κ2) is 5.93. The third kappa shape index (κ3) is 2.52. The van der Waals surface area contributed by atoms with Gasteiger partial charge in [-0.3, -0.25) is 4.79 Å². The van der Waals surface area contributed by atoms with E-state index in [1.54, 1.807) is 35.6 Å². The fourth-order valence-electron chi connectivity index (χ4n) is 2.82. The van der Waals surface area contributed by atoms with Crippen molar-refractivity contribution in [2.24, 2.45) is 0 Å². The van der Waals surface area contributed by atoms with Crippen LogP contribution >= 0.6 is 11.3 Å². The van der Waals surface area contributed by atoms with E-state index >= 15 is 0 Å². The maximum atomic E-state index is 12.7. The zero-order valence-corrected chi connectivity index (χ0v) is 13.4. The fraction of sp³-hybridized carbons (Fsp3) is 0.294. The van der Waals surface area contributed by atoms with E-state index in [0.717, 1.165) is 13.0 Å². The summed E-state index contributed by atoms with van der Waals surface area (Å²) in [7, 11) is 1.34. The van der Waals surface area contributed by atoms with Crippen molar-refractivity contribution < 1.29 is 14.3 Å². The van der Waals surface area contributed by atoms with Crippen LogP contribution in [0.3, 0.4) is 0 Å². The van der Waals surface area contributed by atoms with Gasteiger partial charge in [0.05, 0.1) is 18.7 Å². The normalized spacial score (nSPS) is 17.0. The van der Waals surface area contributed by atoms with Crippen LogP contribution < -0.4 is 0 Å². The molecule has 22 heavy (non-hydrogen) atoms. The lowest BCUT2D eigenvalue weighted by atomic mass is 10.00. The first kappa shape index (κ1) is 14.8. The molecule has 1 amide bonds. The van der Waals surface area contributed by atoms with Gasteiger partial charge >= 0.3 is 5.97 Å². The molecule has 1 atom stereocenters. The molecule has 2 aromatic rings. The van der Waals surface area contributed by atoms with Gasteiger partial charge in [0.15, 0.2) is 0 Å². The van der Waals surface area contributed by atoms with Crippen LogP contribution in [0.1, 0.15) is 44.1 Å². The van der Waals surface area contributed by atoms with Gasteiger partial charge in [-0.2, -0.15) is 0 Å². The summed E-state index contributed by atoms with van der Waals surface area (Å²) in [5.41, 5.74) is 2.29. The number of carbonyl (C=O) groups is 2. The number of fused-ring (bicyclic) bond motifs is 1. The molecular weight excluding hydrogens is 298 g/mol. The van der Waals surface area contributed by atoms with Crippen molar-refractivity contribution in [3.8, 4) is 0 Å². The summed E-state index contributed by atoms with van der Waals surface area (Å²) in [4.78, 5) is 27.4. The van der Waals surface area contributed by atoms with Gasteiger partial charge in [0.25, 0.3) is 5.91 Å². The highest BCUT2D eigenvalue weighted by molar-refractivity contribution is 7.10. The summed E-state index contributed by atoms with van der Waals surface area (Å²) >= 11 is 1.76. The lowest BCUT2D eigenvalue weighted by Crippen LogP contribution is -2.38. The average molecular weight is 315 g/mol. The number of benzene rings is 1. The molecule has 3 rings (SSSR count). The van der Waals surface area contributed by atoms with Gasteiger partial charge in [0.1, 0.15) is 0 Å². The van der Waals surface area contributed by atoms with Gasteiger partial charge < -0.3 is 9.64 Å². The van der Waals surface area contributed by atoms with Crippen LogP contribution in [0.2, 0.25) is 0 Å². The molecule has 0 spiro atoms. The van der Waals surface area contributed by atoms with Crippen LogP contribution in [0.15, 0.2) is 35.7 Å².